The molecule has 0 fully saturated rings. The maximum absolute atomic E-state index is 11.7. The molecule has 0 spiro atoms. The van der Waals surface area contributed by atoms with Crippen LogP contribution in [0.25, 0.3) is 11.1 Å². The first-order chi connectivity index (χ1) is 10.8. The minimum atomic E-state index is -0.360. The summed E-state index contributed by atoms with van der Waals surface area (Å²) < 4.78 is 5.33. The minimum absolute atomic E-state index is 0.313. The molecular formula is C19H20NO2. The number of hydrogen-bond donors (Lipinski definition) is 1. The zero-order valence-electron chi connectivity index (χ0n) is 12.6. The first-order valence-corrected chi connectivity index (χ1v) is 7.68. The van der Waals surface area contributed by atoms with Crippen LogP contribution in [0.1, 0.15) is 29.5 Å². The predicted octanol–water partition coefficient (Wildman–Crippen LogP) is 4.10. The molecule has 3 rings (SSSR count). The molecule has 3 nitrogen and oxygen atoms in total. The molecule has 0 atom stereocenters. The van der Waals surface area contributed by atoms with Crippen LogP contribution < -0.4 is 5.32 Å². The van der Waals surface area contributed by atoms with Crippen LogP contribution in [0.5, 0.6) is 0 Å². The van der Waals surface area contributed by atoms with E-state index in [4.69, 9.17) is 4.74 Å². The van der Waals surface area contributed by atoms with Crippen LogP contribution in [-0.2, 0) is 17.8 Å². The van der Waals surface area contributed by atoms with Crippen LogP contribution in [0.2, 0.25) is 0 Å². The summed E-state index contributed by atoms with van der Waals surface area (Å²) in [6.07, 6.45) is 2.23. The Balaban J connectivity index is 1.68. The highest BCUT2D eigenvalue weighted by Crippen LogP contribution is 2.38. The Morgan fingerprint density at radius 2 is 1.95 bits per heavy atom. The highest BCUT2D eigenvalue weighted by Gasteiger charge is 2.20. The van der Waals surface area contributed by atoms with Gasteiger partial charge in [0.1, 0.15) is 6.61 Å². The number of alkyl carbamates (subject to hydrolysis) is 1. The van der Waals surface area contributed by atoms with Crippen molar-refractivity contribution in [3.63, 3.8) is 0 Å². The summed E-state index contributed by atoms with van der Waals surface area (Å²) in [5.74, 6) is 0. The summed E-state index contributed by atoms with van der Waals surface area (Å²) in [6.45, 7) is 4.67. The van der Waals surface area contributed by atoms with Crippen molar-refractivity contribution < 1.29 is 9.53 Å². The van der Waals surface area contributed by atoms with Gasteiger partial charge in [0.05, 0.1) is 0 Å². The van der Waals surface area contributed by atoms with Crippen LogP contribution in [0.15, 0.2) is 42.5 Å². The number of hydrogen-bond acceptors (Lipinski definition) is 2. The lowest BCUT2D eigenvalue weighted by atomic mass is 10.0. The summed E-state index contributed by atoms with van der Waals surface area (Å²) in [5.41, 5.74) is 6.24. The second kappa shape index (κ2) is 6.65. The smallest absolute Gasteiger partial charge is 0.407 e. The van der Waals surface area contributed by atoms with E-state index in [1.807, 2.05) is 12.1 Å². The number of ether oxygens (including phenoxy) is 1. The van der Waals surface area contributed by atoms with Crippen LogP contribution in [0.4, 0.5) is 4.79 Å². The summed E-state index contributed by atoms with van der Waals surface area (Å²) >= 11 is 0. The molecule has 0 saturated heterocycles. The molecule has 2 aromatic rings. The number of carbonyl (C=O) groups excluding carboxylic acids is 1. The Hall–Kier alpha value is -2.29. The molecule has 0 aliphatic heterocycles. The van der Waals surface area contributed by atoms with Crippen LogP contribution in [0.3, 0.4) is 0 Å². The first-order valence-electron chi connectivity index (χ1n) is 7.68. The molecule has 2 aromatic carbocycles. The van der Waals surface area contributed by atoms with Gasteiger partial charge in [-0.2, -0.15) is 0 Å². The molecule has 0 unspecified atom stereocenters. The van der Waals surface area contributed by atoms with E-state index in [-0.39, 0.29) is 6.09 Å². The maximum Gasteiger partial charge on any atom is 0.407 e. The standard InChI is InChI=1S/C19H20NO2/c1-2-3-11-20-19(21)22-13-15-8-6-10-17-16-9-5-4-7-14(16)12-18(15)17/h4-10H,1-3,11-13H2,(H,20,21). The third-order valence-electron chi connectivity index (χ3n) is 4.00. The van der Waals surface area contributed by atoms with Crippen molar-refractivity contribution in [2.45, 2.75) is 25.9 Å². The fraction of sp³-hybridized carbons (Fsp3) is 0.263. The van der Waals surface area contributed by atoms with E-state index in [9.17, 15) is 4.79 Å². The van der Waals surface area contributed by atoms with Gasteiger partial charge in [-0.15, -0.1) is 0 Å². The number of fused-ring (bicyclic) bond motifs is 3. The lowest BCUT2D eigenvalue weighted by Crippen LogP contribution is -2.25. The van der Waals surface area contributed by atoms with Crippen molar-refractivity contribution in [2.75, 3.05) is 6.54 Å². The maximum atomic E-state index is 11.7. The van der Waals surface area contributed by atoms with Crippen LogP contribution in [-0.4, -0.2) is 12.6 Å². The lowest BCUT2D eigenvalue weighted by Gasteiger charge is -2.10. The fourth-order valence-corrected chi connectivity index (χ4v) is 2.87. The lowest BCUT2D eigenvalue weighted by molar-refractivity contribution is 0.139. The Morgan fingerprint density at radius 3 is 2.82 bits per heavy atom. The highest BCUT2D eigenvalue weighted by molar-refractivity contribution is 5.78. The van der Waals surface area contributed by atoms with Crippen LogP contribution >= 0.6 is 0 Å². The zero-order valence-corrected chi connectivity index (χ0v) is 12.6. The molecule has 113 valence electrons. The number of carbonyl (C=O) groups is 1. The molecule has 1 radical (unpaired) electrons. The summed E-state index contributed by atoms with van der Waals surface area (Å²) in [5, 5.41) is 2.74. The molecule has 0 heterocycles. The molecular weight excluding hydrogens is 274 g/mol. The zero-order chi connectivity index (χ0) is 15.4. The van der Waals surface area contributed by atoms with Crippen molar-refractivity contribution in [1.82, 2.24) is 5.32 Å². The topological polar surface area (TPSA) is 38.3 Å². The molecule has 0 aromatic heterocycles. The van der Waals surface area contributed by atoms with Gasteiger partial charge in [0, 0.05) is 6.54 Å². The van der Waals surface area contributed by atoms with E-state index in [1.165, 1.54) is 22.3 Å². The van der Waals surface area contributed by atoms with Gasteiger partial charge in [-0.25, -0.2) is 4.79 Å². The second-order valence-electron chi connectivity index (χ2n) is 5.49. The quantitative estimate of drug-likeness (QED) is 0.719. The molecule has 1 aliphatic rings. The molecule has 1 amide bonds. The fourth-order valence-electron chi connectivity index (χ4n) is 2.87. The van der Waals surface area contributed by atoms with Gasteiger partial charge in [-0.05, 0) is 40.7 Å². The Labute approximate surface area is 131 Å². The van der Waals surface area contributed by atoms with E-state index in [0.717, 1.165) is 24.8 Å². The average molecular weight is 294 g/mol. The van der Waals surface area contributed by atoms with Gasteiger partial charge in [0.15, 0.2) is 0 Å². The normalized spacial score (nSPS) is 11.7. The SMILES string of the molecule is [CH2]CCCNC(=O)OCc1cccc2c1Cc1ccccc1-2. The van der Waals surface area contributed by atoms with E-state index in [1.54, 1.807) is 0 Å². The van der Waals surface area contributed by atoms with E-state index in [0.29, 0.717) is 13.2 Å². The van der Waals surface area contributed by atoms with Gasteiger partial charge in [0.2, 0.25) is 0 Å². The van der Waals surface area contributed by atoms with Crippen molar-refractivity contribution in [1.29, 1.82) is 0 Å². The third-order valence-corrected chi connectivity index (χ3v) is 4.00. The van der Waals surface area contributed by atoms with Crippen LogP contribution in [0, 0.1) is 6.92 Å². The van der Waals surface area contributed by atoms with Gasteiger partial charge in [0.25, 0.3) is 0 Å². The summed E-state index contributed by atoms with van der Waals surface area (Å²) in [4.78, 5) is 11.7. The van der Waals surface area contributed by atoms with Gasteiger partial charge >= 0.3 is 6.09 Å². The highest BCUT2D eigenvalue weighted by atomic mass is 16.5. The van der Waals surface area contributed by atoms with Crippen molar-refractivity contribution >= 4 is 6.09 Å². The predicted molar refractivity (Wildman–Crippen MR) is 87.5 cm³/mol. The summed E-state index contributed by atoms with van der Waals surface area (Å²) in [6, 6.07) is 14.6. The number of rotatable bonds is 5. The third kappa shape index (κ3) is 2.98. The summed E-state index contributed by atoms with van der Waals surface area (Å²) in [7, 11) is 0. The Bertz CT molecular complexity index is 679. The van der Waals surface area contributed by atoms with Gasteiger partial charge < -0.3 is 10.1 Å². The number of benzene rings is 2. The molecule has 3 heteroatoms. The van der Waals surface area contributed by atoms with Crippen molar-refractivity contribution in [2.24, 2.45) is 0 Å². The molecule has 0 bridgehead atoms. The monoisotopic (exact) mass is 294 g/mol. The number of nitrogens with one attached hydrogen (secondary N) is 1. The minimum Gasteiger partial charge on any atom is -0.445 e. The second-order valence-corrected chi connectivity index (χ2v) is 5.49. The molecule has 1 aliphatic carbocycles. The van der Waals surface area contributed by atoms with Gasteiger partial charge in [-0.1, -0.05) is 55.8 Å². The van der Waals surface area contributed by atoms with Crippen molar-refractivity contribution in [3.05, 3.63) is 66.1 Å². The number of amides is 1. The Kier molecular flexibility index (Phi) is 4.42. The average Bonchev–Trinajstić information content (AvgIpc) is 2.92. The Morgan fingerprint density at radius 1 is 1.14 bits per heavy atom. The molecule has 1 N–H and O–H groups in total. The van der Waals surface area contributed by atoms with Gasteiger partial charge in [-0.3, -0.25) is 0 Å². The molecule has 22 heavy (non-hydrogen) atoms. The number of unbranched alkanes of at least 4 members (excludes halogenated alkanes) is 1. The van der Waals surface area contributed by atoms with E-state index < -0.39 is 0 Å². The van der Waals surface area contributed by atoms with E-state index in [2.05, 4.69) is 42.6 Å². The van der Waals surface area contributed by atoms with Crippen molar-refractivity contribution in [3.8, 4) is 11.1 Å². The largest absolute Gasteiger partial charge is 0.445 e. The van der Waals surface area contributed by atoms with E-state index >= 15 is 0 Å². The molecule has 0 saturated carbocycles. The first kappa shape index (κ1) is 14.6.